The van der Waals surface area contributed by atoms with Gasteiger partial charge in [-0.05, 0) is 64.1 Å². The van der Waals surface area contributed by atoms with E-state index in [2.05, 4.69) is 29.1 Å². The maximum Gasteiger partial charge on any atom is 0.236 e. The number of piperidine rings is 1. The van der Waals surface area contributed by atoms with E-state index in [9.17, 15) is 4.79 Å². The van der Waals surface area contributed by atoms with Gasteiger partial charge in [-0.25, -0.2) is 0 Å². The lowest BCUT2D eigenvalue weighted by atomic mass is 9.96. The number of hydrogen-bond donors (Lipinski definition) is 1. The molecule has 0 aromatic rings. The number of carbonyl (C=O) groups excluding carboxylic acids is 1. The lowest BCUT2D eigenvalue weighted by molar-refractivity contribution is -0.131. The number of likely N-dealkylation sites (tertiary alicyclic amines) is 1. The molecule has 2 aliphatic rings. The fourth-order valence-corrected chi connectivity index (χ4v) is 3.14. The molecule has 1 aliphatic carbocycles. The van der Waals surface area contributed by atoms with Gasteiger partial charge in [0.1, 0.15) is 0 Å². The van der Waals surface area contributed by atoms with Crippen LogP contribution in [0.15, 0.2) is 0 Å². The number of rotatable bonds is 9. The van der Waals surface area contributed by atoms with Crippen LogP contribution in [0.25, 0.3) is 0 Å². The van der Waals surface area contributed by atoms with E-state index >= 15 is 0 Å². The van der Waals surface area contributed by atoms with E-state index in [1.807, 2.05) is 0 Å². The molecule has 0 atom stereocenters. The second-order valence-electron chi connectivity index (χ2n) is 7.01. The molecule has 4 nitrogen and oxygen atoms in total. The van der Waals surface area contributed by atoms with Gasteiger partial charge in [-0.2, -0.15) is 0 Å². The predicted octanol–water partition coefficient (Wildman–Crippen LogP) is 2.80. The first-order valence-corrected chi connectivity index (χ1v) is 8.86. The molecule has 1 N–H and O–H groups in total. The Kier molecular flexibility index (Phi) is 12.3. The number of nitrogens with zero attached hydrogens (tertiary/aromatic N) is 2. The Hall–Kier alpha value is -0.0300. The number of nitrogens with one attached hydrogen (secondary N) is 1. The van der Waals surface area contributed by atoms with E-state index in [1.54, 1.807) is 0 Å². The van der Waals surface area contributed by atoms with E-state index in [4.69, 9.17) is 0 Å². The van der Waals surface area contributed by atoms with Crippen LogP contribution in [-0.4, -0.2) is 62.0 Å². The topological polar surface area (TPSA) is 35.6 Å². The number of hydrogen-bond acceptors (Lipinski definition) is 3. The van der Waals surface area contributed by atoms with Gasteiger partial charge in [-0.3, -0.25) is 4.79 Å². The van der Waals surface area contributed by atoms with E-state index in [1.165, 1.54) is 51.6 Å². The van der Waals surface area contributed by atoms with Gasteiger partial charge in [0.05, 0.1) is 6.54 Å². The van der Waals surface area contributed by atoms with Gasteiger partial charge in [0.25, 0.3) is 0 Å². The van der Waals surface area contributed by atoms with E-state index < -0.39 is 0 Å². The van der Waals surface area contributed by atoms with Crippen LogP contribution < -0.4 is 5.32 Å². The number of halogens is 2. The molecule has 2 fully saturated rings. The largest absolute Gasteiger partial charge is 0.342 e. The summed E-state index contributed by atoms with van der Waals surface area (Å²) >= 11 is 0. The third kappa shape index (κ3) is 9.13. The van der Waals surface area contributed by atoms with Gasteiger partial charge in [0.15, 0.2) is 0 Å². The molecular weight excluding hydrogens is 333 g/mol. The Balaban J connectivity index is 0.00000242. The minimum atomic E-state index is 0. The summed E-state index contributed by atoms with van der Waals surface area (Å²) in [7, 11) is 2.23. The van der Waals surface area contributed by atoms with Gasteiger partial charge in [-0.1, -0.05) is 13.3 Å². The molecule has 1 saturated heterocycles. The lowest BCUT2D eigenvalue weighted by Crippen LogP contribution is -2.44. The molecule has 0 bridgehead atoms. The minimum absolute atomic E-state index is 0. The van der Waals surface area contributed by atoms with Crippen molar-refractivity contribution in [2.45, 2.75) is 45.4 Å². The minimum Gasteiger partial charge on any atom is -0.342 e. The first kappa shape index (κ1) is 23.0. The molecule has 0 unspecified atom stereocenters. The van der Waals surface area contributed by atoms with Crippen molar-refractivity contribution in [3.63, 3.8) is 0 Å². The summed E-state index contributed by atoms with van der Waals surface area (Å²) in [6.07, 6.45) is 7.59. The molecule has 0 radical (unpaired) electrons. The average Bonchev–Trinajstić information content (AvgIpc) is 3.30. The highest BCUT2D eigenvalue weighted by molar-refractivity contribution is 5.85. The average molecular weight is 368 g/mol. The summed E-state index contributed by atoms with van der Waals surface area (Å²) in [5.41, 5.74) is 0. The van der Waals surface area contributed by atoms with Crippen molar-refractivity contribution in [3.8, 4) is 0 Å². The van der Waals surface area contributed by atoms with E-state index in [-0.39, 0.29) is 24.8 Å². The molecule has 6 heteroatoms. The van der Waals surface area contributed by atoms with Crippen molar-refractivity contribution >= 4 is 30.7 Å². The van der Waals surface area contributed by atoms with Crippen molar-refractivity contribution < 1.29 is 4.79 Å². The highest BCUT2D eigenvalue weighted by Gasteiger charge is 2.24. The van der Waals surface area contributed by atoms with Gasteiger partial charge in [0.2, 0.25) is 5.91 Å². The summed E-state index contributed by atoms with van der Waals surface area (Å²) in [6.45, 7) is 8.13. The molecule has 138 valence electrons. The predicted molar refractivity (Wildman–Crippen MR) is 102 cm³/mol. The van der Waals surface area contributed by atoms with Crippen molar-refractivity contribution in [2.75, 3.05) is 46.3 Å². The zero-order valence-corrected chi connectivity index (χ0v) is 16.4. The highest BCUT2D eigenvalue weighted by atomic mass is 35.5. The van der Waals surface area contributed by atoms with Crippen LogP contribution in [0.2, 0.25) is 0 Å². The van der Waals surface area contributed by atoms with Crippen LogP contribution in [0, 0.1) is 11.8 Å². The highest BCUT2D eigenvalue weighted by Crippen LogP contribution is 2.27. The number of unbranched alkanes of at least 4 members (excludes halogenated alkanes) is 1. The maximum atomic E-state index is 12.1. The Morgan fingerprint density at radius 2 is 1.78 bits per heavy atom. The molecule has 1 saturated carbocycles. The van der Waals surface area contributed by atoms with Crippen LogP contribution >= 0.6 is 24.8 Å². The van der Waals surface area contributed by atoms with Crippen molar-refractivity contribution in [1.29, 1.82) is 0 Å². The molecule has 1 amide bonds. The molecule has 23 heavy (non-hydrogen) atoms. The standard InChI is InChI=1S/C17H33N3O.2ClH/c1-3-4-9-19(2)14-16-7-10-20(11-8-16)17(21)13-18-12-15-5-6-15;;/h15-16,18H,3-14H2,1-2H3;2*1H. The van der Waals surface area contributed by atoms with Crippen LogP contribution in [-0.2, 0) is 4.79 Å². The van der Waals surface area contributed by atoms with Crippen LogP contribution in [0.1, 0.15) is 45.4 Å². The Morgan fingerprint density at radius 3 is 2.35 bits per heavy atom. The second-order valence-corrected chi connectivity index (χ2v) is 7.01. The Morgan fingerprint density at radius 1 is 1.13 bits per heavy atom. The SMILES string of the molecule is CCCCN(C)CC1CCN(C(=O)CNCC2CC2)CC1.Cl.Cl. The monoisotopic (exact) mass is 367 g/mol. The second kappa shape index (κ2) is 12.3. The molecule has 1 heterocycles. The quantitative estimate of drug-likeness (QED) is 0.680. The van der Waals surface area contributed by atoms with Crippen LogP contribution in [0.4, 0.5) is 0 Å². The summed E-state index contributed by atoms with van der Waals surface area (Å²) in [4.78, 5) is 16.6. The zero-order chi connectivity index (χ0) is 15.1. The molecule has 0 aromatic heterocycles. The third-order valence-corrected chi connectivity index (χ3v) is 4.84. The molecule has 1 aliphatic heterocycles. The lowest BCUT2D eigenvalue weighted by Gasteiger charge is -2.34. The molecule has 0 aromatic carbocycles. The van der Waals surface area contributed by atoms with Gasteiger partial charge >= 0.3 is 0 Å². The van der Waals surface area contributed by atoms with E-state index in [0.29, 0.717) is 12.5 Å². The third-order valence-electron chi connectivity index (χ3n) is 4.84. The van der Waals surface area contributed by atoms with Crippen molar-refractivity contribution in [3.05, 3.63) is 0 Å². The maximum absolute atomic E-state index is 12.1. The summed E-state index contributed by atoms with van der Waals surface area (Å²) < 4.78 is 0. The Labute approximate surface area is 154 Å². The summed E-state index contributed by atoms with van der Waals surface area (Å²) in [5.74, 6) is 1.92. The van der Waals surface area contributed by atoms with Gasteiger partial charge < -0.3 is 15.1 Å². The number of amides is 1. The van der Waals surface area contributed by atoms with Crippen molar-refractivity contribution in [1.82, 2.24) is 15.1 Å². The summed E-state index contributed by atoms with van der Waals surface area (Å²) in [6, 6.07) is 0. The molecular formula is C17H35Cl2N3O. The van der Waals surface area contributed by atoms with Gasteiger partial charge in [-0.15, -0.1) is 24.8 Å². The van der Waals surface area contributed by atoms with Crippen molar-refractivity contribution in [2.24, 2.45) is 11.8 Å². The summed E-state index contributed by atoms with van der Waals surface area (Å²) in [5, 5.41) is 3.31. The van der Waals surface area contributed by atoms with Crippen LogP contribution in [0.3, 0.4) is 0 Å². The normalized spacial score (nSPS) is 18.5. The smallest absolute Gasteiger partial charge is 0.236 e. The first-order chi connectivity index (χ1) is 10.2. The fraction of sp³-hybridized carbons (Fsp3) is 0.941. The number of carbonyl (C=O) groups is 1. The van der Waals surface area contributed by atoms with Gasteiger partial charge in [0, 0.05) is 19.6 Å². The zero-order valence-electron chi connectivity index (χ0n) is 14.8. The molecule has 2 rings (SSSR count). The first-order valence-electron chi connectivity index (χ1n) is 8.86. The van der Waals surface area contributed by atoms with E-state index in [0.717, 1.165) is 31.5 Å². The molecule has 0 spiro atoms. The van der Waals surface area contributed by atoms with Crippen LogP contribution in [0.5, 0.6) is 0 Å². The fourth-order valence-electron chi connectivity index (χ4n) is 3.14. The Bertz CT molecular complexity index is 319.